The molecule has 2 saturated heterocycles. The fraction of sp³-hybridized carbons (Fsp3) is 0.846. The molecule has 2 nitrogen and oxygen atoms in total. The monoisotopic (exact) mass is 492 g/mol. The summed E-state index contributed by atoms with van der Waals surface area (Å²) in [5, 5.41) is 0. The summed E-state index contributed by atoms with van der Waals surface area (Å²) in [6.45, 7) is 2.20. The normalized spacial score (nSPS) is 42.1. The summed E-state index contributed by atoms with van der Waals surface area (Å²) >= 11 is 9.78. The Bertz CT molecular complexity index is 301. The topological polar surface area (TPSA) is 18.5 Å². The molecule has 5 heteroatoms. The van der Waals surface area contributed by atoms with Gasteiger partial charge in [0.25, 0.3) is 0 Å². The van der Waals surface area contributed by atoms with Crippen LogP contribution in [0.25, 0.3) is 0 Å². The van der Waals surface area contributed by atoms with E-state index < -0.39 is 0 Å². The van der Waals surface area contributed by atoms with Crippen LogP contribution in [0.3, 0.4) is 0 Å². The maximum atomic E-state index is 6.30. The van der Waals surface area contributed by atoms with Gasteiger partial charge in [0.05, 0.1) is 24.4 Å². The van der Waals surface area contributed by atoms with Gasteiger partial charge in [0.15, 0.2) is 0 Å². The van der Waals surface area contributed by atoms with Crippen molar-refractivity contribution in [2.75, 3.05) is 0 Å². The number of hydrogen-bond donors (Lipinski definition) is 0. The molecular weight excluding hydrogens is 475 g/mol. The summed E-state index contributed by atoms with van der Waals surface area (Å²) in [7, 11) is 0. The molecule has 0 aromatic carbocycles. The molecule has 0 aromatic heterocycles. The van der Waals surface area contributed by atoms with Gasteiger partial charge in [-0.3, -0.25) is 0 Å². The summed E-state index contributed by atoms with van der Waals surface area (Å²) in [4.78, 5) is 0.852. The van der Waals surface area contributed by atoms with Crippen molar-refractivity contribution in [2.24, 2.45) is 0 Å². The van der Waals surface area contributed by atoms with E-state index >= 15 is 0 Å². The number of halogens is 3. The van der Waals surface area contributed by atoms with Gasteiger partial charge in [0, 0.05) is 16.1 Å². The molecule has 18 heavy (non-hydrogen) atoms. The highest BCUT2D eigenvalue weighted by Crippen LogP contribution is 2.38. The van der Waals surface area contributed by atoms with Gasteiger partial charge < -0.3 is 9.47 Å². The minimum absolute atomic E-state index is 0.223. The molecule has 0 spiro atoms. The zero-order chi connectivity index (χ0) is 13.1. The van der Waals surface area contributed by atoms with E-state index in [0.29, 0.717) is 21.9 Å². The maximum Gasteiger partial charge on any atom is 0.0876 e. The smallest absolute Gasteiger partial charge is 0.0876 e. The van der Waals surface area contributed by atoms with Crippen LogP contribution in [0.15, 0.2) is 10.2 Å². The molecule has 104 valence electrons. The maximum absolute atomic E-state index is 6.30. The van der Waals surface area contributed by atoms with Gasteiger partial charge >= 0.3 is 0 Å². The van der Waals surface area contributed by atoms with Gasteiger partial charge in [0.2, 0.25) is 0 Å². The van der Waals surface area contributed by atoms with Gasteiger partial charge in [-0.2, -0.15) is 0 Å². The minimum atomic E-state index is 0.223. The molecule has 0 saturated carbocycles. The largest absolute Gasteiger partial charge is 0.371 e. The predicted octanol–water partition coefficient (Wildman–Crippen LogP) is 4.58. The molecule has 0 unspecified atom stereocenters. The quantitative estimate of drug-likeness (QED) is 0.422. The summed E-state index contributed by atoms with van der Waals surface area (Å²) in [5.74, 6) is 0. The minimum Gasteiger partial charge on any atom is -0.371 e. The number of alkyl halides is 2. The van der Waals surface area contributed by atoms with Crippen LogP contribution >= 0.6 is 54.5 Å². The summed E-state index contributed by atoms with van der Waals surface area (Å²) in [6, 6.07) is 0. The molecule has 2 aliphatic heterocycles. The molecule has 2 fully saturated rings. The van der Waals surface area contributed by atoms with Crippen LogP contribution < -0.4 is 0 Å². The molecule has 0 N–H and O–H groups in total. The first kappa shape index (κ1) is 15.7. The van der Waals surface area contributed by atoms with Crippen molar-refractivity contribution in [2.45, 2.75) is 66.7 Å². The highest BCUT2D eigenvalue weighted by atomic mass is 127. The van der Waals surface area contributed by atoms with E-state index in [1.165, 1.54) is 0 Å². The van der Waals surface area contributed by atoms with Gasteiger partial charge in [-0.25, -0.2) is 0 Å². The van der Waals surface area contributed by atoms with Crippen LogP contribution in [-0.2, 0) is 9.47 Å². The summed E-state index contributed by atoms with van der Waals surface area (Å²) in [6.07, 6.45) is 7.34. The van der Waals surface area contributed by atoms with E-state index in [9.17, 15) is 0 Å². The lowest BCUT2D eigenvalue weighted by Gasteiger charge is -2.30. The molecule has 2 aliphatic rings. The van der Waals surface area contributed by atoms with E-state index in [0.717, 1.165) is 25.7 Å². The van der Waals surface area contributed by atoms with Gasteiger partial charge in [-0.05, 0) is 23.3 Å². The molecule has 0 amide bonds. The first-order valence-corrected chi connectivity index (χ1v) is 9.57. The Hall–Kier alpha value is 1.35. The zero-order valence-electron chi connectivity index (χ0n) is 10.4. The Labute approximate surface area is 140 Å². The molecule has 0 aliphatic carbocycles. The van der Waals surface area contributed by atoms with Gasteiger partial charge in [0.1, 0.15) is 0 Å². The van der Waals surface area contributed by atoms with Crippen LogP contribution in [0.4, 0.5) is 0 Å². The SMILES string of the molecule is CC[C@H](Br)[C@H]1C[C@@H](Br)[C@H]2C[C@@H](O1)[C@@H](C/C=C/I)O2. The average Bonchev–Trinajstić information content (AvgIpc) is 2.69. The Balaban J connectivity index is 2.04. The van der Waals surface area contributed by atoms with Crippen molar-refractivity contribution in [1.29, 1.82) is 0 Å². The number of ether oxygens (including phenoxy) is 2. The number of rotatable bonds is 4. The second kappa shape index (κ2) is 7.38. The van der Waals surface area contributed by atoms with E-state index in [1.54, 1.807) is 0 Å². The first-order chi connectivity index (χ1) is 8.65. The van der Waals surface area contributed by atoms with Crippen LogP contribution in [0.2, 0.25) is 0 Å². The third kappa shape index (κ3) is 3.71. The Morgan fingerprint density at radius 3 is 2.78 bits per heavy atom. The van der Waals surface area contributed by atoms with Gasteiger partial charge in [-0.15, -0.1) is 0 Å². The van der Waals surface area contributed by atoms with E-state index in [-0.39, 0.29) is 12.2 Å². The van der Waals surface area contributed by atoms with E-state index in [4.69, 9.17) is 9.47 Å². The standard InChI is InChI=1S/C13H19Br2IO2/c1-2-8(14)11-6-9(15)12-7-13(18-11)10(17-12)4-3-5-16/h3,5,8-13H,2,4,6-7H2,1H3/b5-3+/t8-,9+,10+,11+,12+,13+/m0/s1. The molecule has 6 atom stereocenters. The van der Waals surface area contributed by atoms with Crippen LogP contribution in [0, 0.1) is 0 Å². The molecular formula is C13H19Br2IO2. The average molecular weight is 494 g/mol. The molecule has 2 rings (SSSR count). The van der Waals surface area contributed by atoms with Crippen molar-refractivity contribution >= 4 is 54.5 Å². The van der Waals surface area contributed by atoms with Crippen molar-refractivity contribution in [1.82, 2.24) is 0 Å². The lowest BCUT2D eigenvalue weighted by Crippen LogP contribution is -2.36. The van der Waals surface area contributed by atoms with Crippen LogP contribution in [-0.4, -0.2) is 34.1 Å². The van der Waals surface area contributed by atoms with Crippen molar-refractivity contribution in [3.8, 4) is 0 Å². The van der Waals surface area contributed by atoms with Gasteiger partial charge in [-0.1, -0.05) is 67.5 Å². The molecule has 2 bridgehead atoms. The Morgan fingerprint density at radius 1 is 1.33 bits per heavy atom. The summed E-state index contributed by atoms with van der Waals surface area (Å²) in [5.41, 5.74) is 0. The first-order valence-electron chi connectivity index (χ1n) is 6.50. The second-order valence-corrected chi connectivity index (χ2v) is 8.01. The Morgan fingerprint density at radius 2 is 2.11 bits per heavy atom. The van der Waals surface area contributed by atoms with Crippen molar-refractivity contribution < 1.29 is 9.47 Å². The Kier molecular flexibility index (Phi) is 6.45. The fourth-order valence-electron chi connectivity index (χ4n) is 2.67. The second-order valence-electron chi connectivity index (χ2n) is 4.94. The highest BCUT2D eigenvalue weighted by molar-refractivity contribution is 14.1. The van der Waals surface area contributed by atoms with Crippen LogP contribution in [0.5, 0.6) is 0 Å². The van der Waals surface area contributed by atoms with E-state index in [1.807, 2.05) is 0 Å². The lowest BCUT2D eigenvalue weighted by atomic mass is 10.1. The fourth-order valence-corrected chi connectivity index (χ4v) is 4.01. The van der Waals surface area contributed by atoms with Crippen LogP contribution in [0.1, 0.15) is 32.6 Å². The third-order valence-electron chi connectivity index (χ3n) is 3.69. The third-order valence-corrected chi connectivity index (χ3v) is 6.40. The lowest BCUT2D eigenvalue weighted by molar-refractivity contribution is -0.0732. The molecule has 0 radical (unpaired) electrons. The summed E-state index contributed by atoms with van der Waals surface area (Å²) < 4.78 is 14.5. The number of fused-ring (bicyclic) bond motifs is 2. The highest BCUT2D eigenvalue weighted by Gasteiger charge is 2.44. The number of hydrogen-bond acceptors (Lipinski definition) is 2. The molecule has 0 aromatic rings. The molecule has 2 heterocycles. The van der Waals surface area contributed by atoms with Crippen molar-refractivity contribution in [3.05, 3.63) is 10.2 Å². The van der Waals surface area contributed by atoms with E-state index in [2.05, 4.69) is 71.5 Å². The predicted molar refractivity (Wildman–Crippen MR) is 90.1 cm³/mol. The zero-order valence-corrected chi connectivity index (χ0v) is 15.7. The van der Waals surface area contributed by atoms with Crippen molar-refractivity contribution in [3.63, 3.8) is 0 Å².